The maximum Gasteiger partial charge on any atom is 0.263 e. The Labute approximate surface area is 181 Å². The van der Waals surface area contributed by atoms with E-state index in [1.165, 1.54) is 30.5 Å². The second kappa shape index (κ2) is 9.15. The van der Waals surface area contributed by atoms with Gasteiger partial charge in [-0.3, -0.25) is 4.79 Å². The van der Waals surface area contributed by atoms with Gasteiger partial charge in [-0.2, -0.15) is 4.31 Å². The van der Waals surface area contributed by atoms with Crippen LogP contribution in [0.25, 0.3) is 0 Å². The van der Waals surface area contributed by atoms with E-state index < -0.39 is 26.0 Å². The lowest BCUT2D eigenvalue weighted by molar-refractivity contribution is 0.0951. The van der Waals surface area contributed by atoms with Crippen LogP contribution in [-0.4, -0.2) is 58.5 Å². The maximum atomic E-state index is 13.0. The van der Waals surface area contributed by atoms with Gasteiger partial charge in [-0.25, -0.2) is 21.1 Å². The van der Waals surface area contributed by atoms with E-state index in [4.69, 9.17) is 0 Å². The van der Waals surface area contributed by atoms with Crippen molar-refractivity contribution in [2.75, 3.05) is 27.2 Å². The van der Waals surface area contributed by atoms with Gasteiger partial charge in [-0.05, 0) is 35.9 Å². The minimum atomic E-state index is -3.74. The lowest BCUT2D eigenvalue weighted by Crippen LogP contribution is -2.36. The highest BCUT2D eigenvalue weighted by Gasteiger charge is 2.31. The molecule has 1 aliphatic heterocycles. The normalized spacial score (nSPS) is 16.0. The summed E-state index contributed by atoms with van der Waals surface area (Å²) in [5.74, 6) is -0.544. The van der Waals surface area contributed by atoms with E-state index in [1.54, 1.807) is 23.6 Å². The molecule has 0 atom stereocenters. The number of hydrogen-bond acceptors (Lipinski definition) is 6. The Hall–Kier alpha value is -1.79. The molecule has 1 saturated heterocycles. The van der Waals surface area contributed by atoms with Gasteiger partial charge in [0.25, 0.3) is 5.91 Å². The predicted molar refractivity (Wildman–Crippen MR) is 115 cm³/mol. The Bertz CT molecular complexity index is 1120. The van der Waals surface area contributed by atoms with Crippen molar-refractivity contribution in [1.29, 1.82) is 0 Å². The number of rotatable bonds is 7. The highest BCUT2D eigenvalue weighted by atomic mass is 32.2. The zero-order chi connectivity index (χ0) is 21.9. The molecule has 1 aromatic carbocycles. The Morgan fingerprint density at radius 3 is 2.37 bits per heavy atom. The van der Waals surface area contributed by atoms with Crippen molar-refractivity contribution < 1.29 is 21.6 Å². The first-order valence-corrected chi connectivity index (χ1v) is 13.3. The van der Waals surface area contributed by atoms with Crippen molar-refractivity contribution in [3.05, 3.63) is 46.2 Å². The number of carbonyl (C=O) groups is 1. The molecular formula is C19H25N3O5S3. The molecule has 1 aliphatic rings. The number of nitrogens with one attached hydrogen (secondary N) is 1. The first-order valence-electron chi connectivity index (χ1n) is 9.52. The molecule has 0 bridgehead atoms. The number of sulfonamides is 2. The van der Waals surface area contributed by atoms with Crippen LogP contribution in [0.2, 0.25) is 0 Å². The highest BCUT2D eigenvalue weighted by molar-refractivity contribution is 7.89. The Kier molecular flexibility index (Phi) is 6.98. The van der Waals surface area contributed by atoms with Gasteiger partial charge in [0.15, 0.2) is 0 Å². The summed E-state index contributed by atoms with van der Waals surface area (Å²) in [5, 5.41) is 4.25. The fourth-order valence-corrected chi connectivity index (χ4v) is 7.21. The van der Waals surface area contributed by atoms with Crippen LogP contribution in [0.3, 0.4) is 0 Å². The van der Waals surface area contributed by atoms with Crippen LogP contribution in [0.1, 0.15) is 34.5 Å². The van der Waals surface area contributed by atoms with Crippen molar-refractivity contribution >= 4 is 37.3 Å². The van der Waals surface area contributed by atoms with Crippen molar-refractivity contribution in [2.24, 2.45) is 0 Å². The average Bonchev–Trinajstić information content (AvgIpc) is 3.23. The molecule has 0 radical (unpaired) electrons. The fourth-order valence-electron chi connectivity index (χ4n) is 3.26. The number of carbonyl (C=O) groups excluding carboxylic acids is 1. The van der Waals surface area contributed by atoms with E-state index in [0.29, 0.717) is 18.7 Å². The van der Waals surface area contributed by atoms with Crippen LogP contribution in [0.15, 0.2) is 45.5 Å². The molecule has 0 spiro atoms. The third-order valence-corrected chi connectivity index (χ3v) is 9.84. The predicted octanol–water partition coefficient (Wildman–Crippen LogP) is 2.10. The molecule has 1 fully saturated rings. The molecule has 0 saturated carbocycles. The lowest BCUT2D eigenvalue weighted by Gasteiger charge is -2.25. The van der Waals surface area contributed by atoms with Crippen LogP contribution >= 0.6 is 11.3 Å². The molecule has 0 unspecified atom stereocenters. The number of hydrogen-bond donors (Lipinski definition) is 1. The third kappa shape index (κ3) is 4.59. The smallest absolute Gasteiger partial charge is 0.263 e. The summed E-state index contributed by atoms with van der Waals surface area (Å²) in [6.07, 6.45) is 2.61. The van der Waals surface area contributed by atoms with Crippen LogP contribution in [0.5, 0.6) is 0 Å². The topological polar surface area (TPSA) is 104 Å². The molecule has 0 aliphatic carbocycles. The second-order valence-corrected chi connectivity index (χ2v) is 12.1. The first-order chi connectivity index (χ1) is 14.2. The summed E-state index contributed by atoms with van der Waals surface area (Å²) in [5.41, 5.74) is 0.427. The summed E-state index contributed by atoms with van der Waals surface area (Å²) >= 11 is 1.05. The molecule has 3 rings (SSSR count). The SMILES string of the molecule is CN(C)S(=O)(=O)c1ccccc1CNC(=O)c1sccc1S(=O)(=O)N1CCCCC1. The first kappa shape index (κ1) is 22.9. The van der Waals surface area contributed by atoms with E-state index >= 15 is 0 Å². The summed E-state index contributed by atoms with van der Waals surface area (Å²) in [4.78, 5) is 13.0. The van der Waals surface area contributed by atoms with Gasteiger partial charge in [0, 0.05) is 33.7 Å². The highest BCUT2D eigenvalue weighted by Crippen LogP contribution is 2.27. The van der Waals surface area contributed by atoms with Gasteiger partial charge < -0.3 is 5.32 Å². The molecule has 164 valence electrons. The minimum absolute atomic E-state index is 0.00102. The molecular weight excluding hydrogens is 446 g/mol. The molecule has 11 heteroatoms. The average molecular weight is 472 g/mol. The van der Waals surface area contributed by atoms with Crippen molar-refractivity contribution in [3.8, 4) is 0 Å². The van der Waals surface area contributed by atoms with E-state index in [-0.39, 0.29) is 21.2 Å². The molecule has 1 amide bonds. The zero-order valence-corrected chi connectivity index (χ0v) is 19.3. The third-order valence-electron chi connectivity index (χ3n) is 4.94. The summed E-state index contributed by atoms with van der Waals surface area (Å²) < 4.78 is 53.5. The van der Waals surface area contributed by atoms with Crippen LogP contribution in [-0.2, 0) is 26.6 Å². The Balaban J connectivity index is 1.81. The van der Waals surface area contributed by atoms with Gasteiger partial charge in [-0.1, -0.05) is 24.6 Å². The van der Waals surface area contributed by atoms with Crippen molar-refractivity contribution in [3.63, 3.8) is 0 Å². The number of benzene rings is 1. The Morgan fingerprint density at radius 2 is 1.70 bits per heavy atom. The van der Waals surface area contributed by atoms with Gasteiger partial charge >= 0.3 is 0 Å². The molecule has 30 heavy (non-hydrogen) atoms. The largest absolute Gasteiger partial charge is 0.347 e. The maximum absolute atomic E-state index is 13.0. The standard InChI is InChI=1S/C19H25N3O5S3/c1-21(2)29(24,25)16-9-5-4-8-15(16)14-20-19(23)18-17(10-13-28-18)30(26,27)22-11-6-3-7-12-22/h4-5,8-10,13H,3,6-7,11-12,14H2,1-2H3,(H,20,23). The number of thiophene rings is 1. The van der Waals surface area contributed by atoms with E-state index in [9.17, 15) is 21.6 Å². The summed E-state index contributed by atoms with van der Waals surface area (Å²) in [7, 11) is -4.54. The van der Waals surface area contributed by atoms with E-state index in [0.717, 1.165) is 34.9 Å². The fraction of sp³-hybridized carbons (Fsp3) is 0.421. The van der Waals surface area contributed by atoms with Crippen LogP contribution in [0, 0.1) is 0 Å². The van der Waals surface area contributed by atoms with Gasteiger partial charge in [-0.15, -0.1) is 11.3 Å². The van der Waals surface area contributed by atoms with E-state index in [2.05, 4.69) is 5.32 Å². The molecule has 1 N–H and O–H groups in total. The summed E-state index contributed by atoms with van der Waals surface area (Å²) in [6.45, 7) is 0.868. The second-order valence-electron chi connectivity index (χ2n) is 7.16. The van der Waals surface area contributed by atoms with Crippen molar-refractivity contribution in [2.45, 2.75) is 35.6 Å². The number of nitrogens with zero attached hydrogens (tertiary/aromatic N) is 2. The monoisotopic (exact) mass is 471 g/mol. The molecule has 2 heterocycles. The molecule has 2 aromatic rings. The Morgan fingerprint density at radius 1 is 1.03 bits per heavy atom. The quantitative estimate of drug-likeness (QED) is 0.666. The molecule has 1 aromatic heterocycles. The zero-order valence-electron chi connectivity index (χ0n) is 16.9. The number of piperidine rings is 1. The lowest BCUT2D eigenvalue weighted by atomic mass is 10.2. The van der Waals surface area contributed by atoms with Gasteiger partial charge in [0.1, 0.15) is 9.77 Å². The van der Waals surface area contributed by atoms with Gasteiger partial charge in [0.05, 0.1) is 4.90 Å². The van der Waals surface area contributed by atoms with Gasteiger partial charge in [0.2, 0.25) is 20.0 Å². The summed E-state index contributed by atoms with van der Waals surface area (Å²) in [6, 6.07) is 7.86. The van der Waals surface area contributed by atoms with Crippen LogP contribution in [0.4, 0.5) is 0 Å². The van der Waals surface area contributed by atoms with E-state index in [1.807, 2.05) is 0 Å². The van der Waals surface area contributed by atoms with Crippen molar-refractivity contribution in [1.82, 2.24) is 13.9 Å². The van der Waals surface area contributed by atoms with Crippen LogP contribution < -0.4 is 5.32 Å². The number of amides is 1. The minimum Gasteiger partial charge on any atom is -0.347 e. The molecule has 8 nitrogen and oxygen atoms in total.